The van der Waals surface area contributed by atoms with Crippen molar-refractivity contribution >= 4 is 27.3 Å². The second-order valence-corrected chi connectivity index (χ2v) is 6.96. The Bertz CT molecular complexity index is 1190. The van der Waals surface area contributed by atoms with Crippen LogP contribution in [0.25, 0.3) is 27.5 Å². The van der Waals surface area contributed by atoms with Crippen LogP contribution in [-0.2, 0) is 6.61 Å². The zero-order valence-electron chi connectivity index (χ0n) is 13.9. The fraction of sp³-hybridized carbons (Fsp3) is 0.105. The Morgan fingerprint density at radius 1 is 1.08 bits per heavy atom. The first kappa shape index (κ1) is 15.1. The monoisotopic (exact) mass is 362 g/mol. The van der Waals surface area contributed by atoms with E-state index < -0.39 is 0 Å². The zero-order chi connectivity index (χ0) is 17.5. The SMILES string of the molecule is Cc1ccccc1OCc1nn2c(-c3cc4ccccc4o3)nnc2s1. The highest BCUT2D eigenvalue weighted by molar-refractivity contribution is 7.16. The Morgan fingerprint density at radius 2 is 1.92 bits per heavy atom. The molecule has 0 radical (unpaired) electrons. The van der Waals surface area contributed by atoms with Crippen molar-refractivity contribution in [1.82, 2.24) is 19.8 Å². The molecule has 0 spiro atoms. The van der Waals surface area contributed by atoms with E-state index in [9.17, 15) is 0 Å². The molecule has 0 aliphatic carbocycles. The van der Waals surface area contributed by atoms with Crippen LogP contribution in [0.3, 0.4) is 0 Å². The van der Waals surface area contributed by atoms with Crippen LogP contribution in [0.2, 0.25) is 0 Å². The summed E-state index contributed by atoms with van der Waals surface area (Å²) in [6.07, 6.45) is 0. The Balaban J connectivity index is 1.46. The highest BCUT2D eigenvalue weighted by atomic mass is 32.1. The first-order valence-electron chi connectivity index (χ1n) is 8.16. The lowest BCUT2D eigenvalue weighted by molar-refractivity contribution is 0.302. The second-order valence-electron chi connectivity index (χ2n) is 5.92. The quantitative estimate of drug-likeness (QED) is 0.471. The van der Waals surface area contributed by atoms with Gasteiger partial charge in [-0.3, -0.25) is 0 Å². The molecule has 3 aromatic heterocycles. The van der Waals surface area contributed by atoms with Gasteiger partial charge in [0.05, 0.1) is 0 Å². The van der Waals surface area contributed by atoms with Crippen molar-refractivity contribution in [2.45, 2.75) is 13.5 Å². The van der Waals surface area contributed by atoms with Crippen molar-refractivity contribution in [1.29, 1.82) is 0 Å². The lowest BCUT2D eigenvalue weighted by Gasteiger charge is -2.06. The molecule has 0 unspecified atom stereocenters. The molecule has 0 bridgehead atoms. The van der Waals surface area contributed by atoms with E-state index in [2.05, 4.69) is 15.3 Å². The zero-order valence-corrected chi connectivity index (χ0v) is 14.7. The first-order valence-corrected chi connectivity index (χ1v) is 8.98. The predicted octanol–water partition coefficient (Wildman–Crippen LogP) is 4.49. The third-order valence-electron chi connectivity index (χ3n) is 4.12. The lowest BCUT2D eigenvalue weighted by atomic mass is 10.2. The molecule has 0 saturated carbocycles. The number of aryl methyl sites for hydroxylation is 1. The van der Waals surface area contributed by atoms with Crippen LogP contribution >= 0.6 is 11.3 Å². The van der Waals surface area contributed by atoms with E-state index in [1.807, 2.05) is 61.5 Å². The van der Waals surface area contributed by atoms with E-state index in [4.69, 9.17) is 9.15 Å². The predicted molar refractivity (Wildman–Crippen MR) is 99.4 cm³/mol. The summed E-state index contributed by atoms with van der Waals surface area (Å²) in [4.78, 5) is 0.712. The minimum atomic E-state index is 0.387. The van der Waals surface area contributed by atoms with Crippen LogP contribution in [-0.4, -0.2) is 19.8 Å². The number of para-hydroxylation sites is 2. The van der Waals surface area contributed by atoms with Crippen molar-refractivity contribution in [3.63, 3.8) is 0 Å². The summed E-state index contributed by atoms with van der Waals surface area (Å²) in [5.74, 6) is 2.10. The minimum Gasteiger partial charge on any atom is -0.486 e. The Kier molecular flexibility index (Phi) is 3.46. The summed E-state index contributed by atoms with van der Waals surface area (Å²) in [6.45, 7) is 2.41. The molecule has 3 heterocycles. The Morgan fingerprint density at radius 3 is 2.81 bits per heavy atom. The van der Waals surface area contributed by atoms with Crippen LogP contribution < -0.4 is 4.74 Å². The number of rotatable bonds is 4. The number of nitrogens with zero attached hydrogens (tertiary/aromatic N) is 4. The smallest absolute Gasteiger partial charge is 0.235 e. The average Bonchev–Trinajstić information content (AvgIpc) is 3.34. The van der Waals surface area contributed by atoms with Crippen LogP contribution in [0.15, 0.2) is 59.0 Å². The molecule has 0 aliphatic heterocycles. The number of benzene rings is 2. The van der Waals surface area contributed by atoms with Gasteiger partial charge in [0, 0.05) is 5.39 Å². The van der Waals surface area contributed by atoms with Crippen molar-refractivity contribution < 1.29 is 9.15 Å². The summed E-state index contributed by atoms with van der Waals surface area (Å²) < 4.78 is 13.5. The van der Waals surface area contributed by atoms with Gasteiger partial charge >= 0.3 is 0 Å². The largest absolute Gasteiger partial charge is 0.486 e. The van der Waals surface area contributed by atoms with Gasteiger partial charge in [-0.15, -0.1) is 10.2 Å². The molecule has 6 nitrogen and oxygen atoms in total. The third-order valence-corrected chi connectivity index (χ3v) is 5.00. The minimum absolute atomic E-state index is 0.387. The molecule has 26 heavy (non-hydrogen) atoms. The molecule has 0 atom stereocenters. The maximum atomic E-state index is 5.88. The van der Waals surface area contributed by atoms with E-state index in [-0.39, 0.29) is 0 Å². The molecule has 2 aromatic carbocycles. The number of aromatic nitrogens is 4. The molecule has 0 aliphatic rings. The van der Waals surface area contributed by atoms with Gasteiger partial charge < -0.3 is 9.15 Å². The molecule has 0 fully saturated rings. The molecule has 0 amide bonds. The van der Waals surface area contributed by atoms with Crippen LogP contribution in [0.5, 0.6) is 5.75 Å². The van der Waals surface area contributed by atoms with Crippen molar-refractivity contribution in [3.05, 3.63) is 65.2 Å². The van der Waals surface area contributed by atoms with Gasteiger partial charge in [0.1, 0.15) is 17.9 Å². The molecular weight excluding hydrogens is 348 g/mol. The highest BCUT2D eigenvalue weighted by Crippen LogP contribution is 2.28. The molecule has 0 saturated heterocycles. The van der Waals surface area contributed by atoms with E-state index in [0.29, 0.717) is 23.2 Å². The molecule has 5 aromatic rings. The maximum absolute atomic E-state index is 5.88. The number of hydrogen-bond donors (Lipinski definition) is 0. The highest BCUT2D eigenvalue weighted by Gasteiger charge is 2.17. The molecule has 128 valence electrons. The van der Waals surface area contributed by atoms with Gasteiger partial charge in [-0.05, 0) is 30.7 Å². The van der Waals surface area contributed by atoms with Gasteiger partial charge in [-0.25, -0.2) is 0 Å². The standard InChI is InChI=1S/C19H14N4O2S/c1-12-6-2-4-8-14(12)24-11-17-22-23-18(20-21-19(23)26-17)16-10-13-7-3-5-9-15(13)25-16/h2-10H,11H2,1H3. The van der Waals surface area contributed by atoms with E-state index in [1.165, 1.54) is 11.3 Å². The van der Waals surface area contributed by atoms with Crippen molar-refractivity contribution in [2.75, 3.05) is 0 Å². The summed E-state index contributed by atoms with van der Waals surface area (Å²) in [7, 11) is 0. The average molecular weight is 362 g/mol. The molecule has 5 rings (SSSR count). The van der Waals surface area contributed by atoms with Crippen LogP contribution in [0, 0.1) is 6.92 Å². The first-order chi connectivity index (χ1) is 12.8. The van der Waals surface area contributed by atoms with Crippen molar-refractivity contribution in [3.8, 4) is 17.3 Å². The van der Waals surface area contributed by atoms with Crippen LogP contribution in [0.1, 0.15) is 10.6 Å². The summed E-state index contributed by atoms with van der Waals surface area (Å²) in [6, 6.07) is 17.7. The van der Waals surface area contributed by atoms with E-state index in [1.54, 1.807) is 4.52 Å². The van der Waals surface area contributed by atoms with Gasteiger partial charge in [-0.1, -0.05) is 47.7 Å². The molecule has 0 N–H and O–H groups in total. The van der Waals surface area contributed by atoms with Crippen LogP contribution in [0.4, 0.5) is 0 Å². The van der Waals surface area contributed by atoms with E-state index >= 15 is 0 Å². The Hall–Kier alpha value is -3.19. The fourth-order valence-corrected chi connectivity index (χ4v) is 3.56. The topological polar surface area (TPSA) is 65.5 Å². The normalized spacial score (nSPS) is 11.4. The summed E-state index contributed by atoms with van der Waals surface area (Å²) in [5.41, 5.74) is 1.91. The van der Waals surface area contributed by atoms with Gasteiger partial charge in [0.25, 0.3) is 0 Å². The lowest BCUT2D eigenvalue weighted by Crippen LogP contribution is -1.98. The summed E-state index contributed by atoms with van der Waals surface area (Å²) in [5, 5.41) is 14.9. The molecular formula is C19H14N4O2S. The maximum Gasteiger partial charge on any atom is 0.235 e. The van der Waals surface area contributed by atoms with Gasteiger partial charge in [-0.2, -0.15) is 9.61 Å². The van der Waals surface area contributed by atoms with Gasteiger partial charge in [0.2, 0.25) is 10.8 Å². The molecule has 7 heteroatoms. The third kappa shape index (κ3) is 2.53. The number of ether oxygens (including phenoxy) is 1. The number of hydrogen-bond acceptors (Lipinski definition) is 6. The van der Waals surface area contributed by atoms with E-state index in [0.717, 1.165) is 27.3 Å². The fourth-order valence-electron chi connectivity index (χ4n) is 2.82. The summed E-state index contributed by atoms with van der Waals surface area (Å²) >= 11 is 1.46. The second kappa shape index (κ2) is 5.96. The van der Waals surface area contributed by atoms with Gasteiger partial charge in [0.15, 0.2) is 10.8 Å². The Labute approximate surface area is 152 Å². The number of fused-ring (bicyclic) bond motifs is 2. The number of furan rings is 1. The van der Waals surface area contributed by atoms with Crippen molar-refractivity contribution in [2.24, 2.45) is 0 Å².